The Bertz CT molecular complexity index is 581. The smallest absolute Gasteiger partial charge is 0.271 e. The van der Waals surface area contributed by atoms with Gasteiger partial charge in [-0.05, 0) is 25.8 Å². The maximum absolute atomic E-state index is 11.6. The number of benzene rings is 1. The SMILES string of the molecule is CC1=C(Nc2ccc([N+](=O)[O-])cc2Cl)CCCC1=O. The summed E-state index contributed by atoms with van der Waals surface area (Å²) in [6, 6.07) is 4.24. The van der Waals surface area contributed by atoms with Gasteiger partial charge < -0.3 is 5.32 Å². The zero-order chi connectivity index (χ0) is 14.0. The van der Waals surface area contributed by atoms with Crippen molar-refractivity contribution in [1.82, 2.24) is 0 Å². The second kappa shape index (κ2) is 5.40. The fourth-order valence-electron chi connectivity index (χ4n) is 2.01. The van der Waals surface area contributed by atoms with E-state index in [0.717, 1.165) is 18.5 Å². The molecule has 0 heterocycles. The summed E-state index contributed by atoms with van der Waals surface area (Å²) in [5, 5.41) is 14.0. The number of halogens is 1. The first-order valence-corrected chi connectivity index (χ1v) is 6.30. The topological polar surface area (TPSA) is 72.2 Å². The van der Waals surface area contributed by atoms with E-state index in [1.54, 1.807) is 13.0 Å². The number of carbonyl (C=O) groups is 1. The minimum atomic E-state index is -0.496. The van der Waals surface area contributed by atoms with Gasteiger partial charge in [-0.3, -0.25) is 14.9 Å². The van der Waals surface area contributed by atoms with Gasteiger partial charge in [0.05, 0.1) is 15.6 Å². The second-order valence-electron chi connectivity index (χ2n) is 4.43. The number of ketones is 1. The molecule has 1 aliphatic rings. The minimum Gasteiger partial charge on any atom is -0.357 e. The lowest BCUT2D eigenvalue weighted by Gasteiger charge is -2.19. The summed E-state index contributed by atoms with van der Waals surface area (Å²) < 4.78 is 0. The van der Waals surface area contributed by atoms with E-state index in [0.29, 0.717) is 17.7 Å². The number of hydrogen-bond donors (Lipinski definition) is 1. The van der Waals surface area contributed by atoms with Gasteiger partial charge in [-0.25, -0.2) is 0 Å². The zero-order valence-electron chi connectivity index (χ0n) is 10.4. The van der Waals surface area contributed by atoms with Crippen LogP contribution in [0, 0.1) is 10.1 Å². The Morgan fingerprint density at radius 3 is 2.74 bits per heavy atom. The van der Waals surface area contributed by atoms with E-state index in [4.69, 9.17) is 11.6 Å². The van der Waals surface area contributed by atoms with Crippen LogP contribution < -0.4 is 5.32 Å². The van der Waals surface area contributed by atoms with Crippen LogP contribution in [-0.2, 0) is 4.79 Å². The lowest BCUT2D eigenvalue weighted by atomic mass is 9.96. The molecule has 0 saturated carbocycles. The van der Waals surface area contributed by atoms with E-state index in [1.807, 2.05) is 0 Å². The van der Waals surface area contributed by atoms with Crippen LogP contribution in [-0.4, -0.2) is 10.7 Å². The first-order valence-electron chi connectivity index (χ1n) is 5.93. The summed E-state index contributed by atoms with van der Waals surface area (Å²) in [6.07, 6.45) is 2.17. The predicted molar refractivity (Wildman–Crippen MR) is 73.3 cm³/mol. The number of nitrogens with one attached hydrogen (secondary N) is 1. The lowest BCUT2D eigenvalue weighted by molar-refractivity contribution is -0.384. The number of nitro groups is 1. The molecule has 0 radical (unpaired) electrons. The standard InChI is InChI=1S/C13H13ClN2O3/c1-8-11(3-2-4-13(8)17)15-12-6-5-9(16(18)19)7-10(12)14/h5-7,15H,2-4H2,1H3. The molecule has 100 valence electrons. The third-order valence-corrected chi connectivity index (χ3v) is 3.46. The first kappa shape index (κ1) is 13.5. The number of carbonyl (C=O) groups excluding carboxylic acids is 1. The van der Waals surface area contributed by atoms with Crippen LogP contribution in [0.4, 0.5) is 11.4 Å². The fourth-order valence-corrected chi connectivity index (χ4v) is 2.23. The number of nitrogens with zero attached hydrogens (tertiary/aromatic N) is 1. The summed E-state index contributed by atoms with van der Waals surface area (Å²) in [5.41, 5.74) is 2.07. The minimum absolute atomic E-state index is 0.0547. The normalized spacial score (nSPS) is 15.6. The van der Waals surface area contributed by atoms with Gasteiger partial charge in [-0.1, -0.05) is 11.6 Å². The van der Waals surface area contributed by atoms with Crippen molar-refractivity contribution < 1.29 is 9.72 Å². The van der Waals surface area contributed by atoms with Gasteiger partial charge in [0, 0.05) is 29.8 Å². The van der Waals surface area contributed by atoms with Crippen molar-refractivity contribution in [1.29, 1.82) is 0 Å². The van der Waals surface area contributed by atoms with E-state index in [9.17, 15) is 14.9 Å². The molecule has 0 unspecified atom stereocenters. The number of anilines is 1. The van der Waals surface area contributed by atoms with Crippen LogP contribution in [0.1, 0.15) is 26.2 Å². The van der Waals surface area contributed by atoms with Gasteiger partial charge in [-0.2, -0.15) is 0 Å². The largest absolute Gasteiger partial charge is 0.357 e. The van der Waals surface area contributed by atoms with Gasteiger partial charge in [-0.15, -0.1) is 0 Å². The van der Waals surface area contributed by atoms with E-state index in [2.05, 4.69) is 5.32 Å². The molecule has 1 aliphatic carbocycles. The average Bonchev–Trinajstić information content (AvgIpc) is 2.37. The lowest BCUT2D eigenvalue weighted by Crippen LogP contribution is -2.14. The molecule has 0 amide bonds. The molecule has 19 heavy (non-hydrogen) atoms. The Balaban J connectivity index is 2.27. The first-order chi connectivity index (χ1) is 8.99. The highest BCUT2D eigenvalue weighted by molar-refractivity contribution is 6.33. The molecule has 0 bridgehead atoms. The fraction of sp³-hybridized carbons (Fsp3) is 0.308. The number of allylic oxidation sites excluding steroid dienone is 2. The van der Waals surface area contributed by atoms with Crippen molar-refractivity contribution in [3.05, 3.63) is 44.6 Å². The van der Waals surface area contributed by atoms with Gasteiger partial charge >= 0.3 is 0 Å². The monoisotopic (exact) mass is 280 g/mol. The molecule has 0 fully saturated rings. The second-order valence-corrected chi connectivity index (χ2v) is 4.83. The van der Waals surface area contributed by atoms with Crippen LogP contribution in [0.5, 0.6) is 0 Å². The molecule has 2 rings (SSSR count). The third kappa shape index (κ3) is 2.93. The summed E-state index contributed by atoms with van der Waals surface area (Å²) >= 11 is 6.00. The van der Waals surface area contributed by atoms with E-state index < -0.39 is 4.92 Å². The van der Waals surface area contributed by atoms with Crippen LogP contribution in [0.3, 0.4) is 0 Å². The molecule has 0 aromatic heterocycles. The Labute approximate surface area is 115 Å². The Hall–Kier alpha value is -1.88. The summed E-state index contributed by atoms with van der Waals surface area (Å²) in [4.78, 5) is 21.7. The van der Waals surface area contributed by atoms with Crippen molar-refractivity contribution in [3.8, 4) is 0 Å². The third-order valence-electron chi connectivity index (χ3n) is 3.15. The number of rotatable bonds is 3. The van der Waals surface area contributed by atoms with Crippen LogP contribution >= 0.6 is 11.6 Å². The number of Topliss-reactive ketones (excluding diaryl/α,β-unsaturated/α-hetero) is 1. The van der Waals surface area contributed by atoms with Crippen LogP contribution in [0.15, 0.2) is 29.5 Å². The quantitative estimate of drug-likeness (QED) is 0.677. The van der Waals surface area contributed by atoms with Crippen molar-refractivity contribution in [2.75, 3.05) is 5.32 Å². The Kier molecular flexibility index (Phi) is 3.85. The number of hydrogen-bond acceptors (Lipinski definition) is 4. The number of nitro benzene ring substituents is 1. The molecule has 1 aromatic rings. The van der Waals surface area contributed by atoms with Crippen molar-refractivity contribution >= 4 is 28.8 Å². The van der Waals surface area contributed by atoms with Gasteiger partial charge in [0.1, 0.15) is 0 Å². The Morgan fingerprint density at radius 1 is 1.37 bits per heavy atom. The highest BCUT2D eigenvalue weighted by Crippen LogP contribution is 2.30. The maximum atomic E-state index is 11.6. The van der Waals surface area contributed by atoms with Crippen molar-refractivity contribution in [3.63, 3.8) is 0 Å². The molecule has 0 saturated heterocycles. The molecule has 1 N–H and O–H groups in total. The molecule has 0 aliphatic heterocycles. The molecule has 6 heteroatoms. The molecule has 1 aromatic carbocycles. The molecule has 0 spiro atoms. The van der Waals surface area contributed by atoms with Gasteiger partial charge in [0.2, 0.25) is 0 Å². The predicted octanol–water partition coefficient (Wildman–Crippen LogP) is 3.69. The average molecular weight is 281 g/mol. The van der Waals surface area contributed by atoms with E-state index in [-0.39, 0.29) is 16.5 Å². The molecular formula is C13H13ClN2O3. The molecule has 0 atom stereocenters. The van der Waals surface area contributed by atoms with Crippen molar-refractivity contribution in [2.24, 2.45) is 0 Å². The van der Waals surface area contributed by atoms with Crippen LogP contribution in [0.25, 0.3) is 0 Å². The van der Waals surface area contributed by atoms with Crippen LogP contribution in [0.2, 0.25) is 5.02 Å². The zero-order valence-corrected chi connectivity index (χ0v) is 11.2. The van der Waals surface area contributed by atoms with Gasteiger partial charge in [0.15, 0.2) is 5.78 Å². The summed E-state index contributed by atoms with van der Waals surface area (Å²) in [7, 11) is 0. The van der Waals surface area contributed by atoms with E-state index >= 15 is 0 Å². The number of non-ortho nitro benzene ring substituents is 1. The summed E-state index contributed by atoms with van der Waals surface area (Å²) in [6.45, 7) is 1.78. The highest BCUT2D eigenvalue weighted by atomic mass is 35.5. The molecular weight excluding hydrogens is 268 g/mol. The summed E-state index contributed by atoms with van der Waals surface area (Å²) in [5.74, 6) is 0.131. The van der Waals surface area contributed by atoms with Crippen molar-refractivity contribution in [2.45, 2.75) is 26.2 Å². The van der Waals surface area contributed by atoms with E-state index in [1.165, 1.54) is 12.1 Å². The highest BCUT2D eigenvalue weighted by Gasteiger charge is 2.18. The van der Waals surface area contributed by atoms with Gasteiger partial charge in [0.25, 0.3) is 5.69 Å². The molecule has 5 nitrogen and oxygen atoms in total. The maximum Gasteiger partial charge on any atom is 0.271 e. The Morgan fingerprint density at radius 2 is 2.11 bits per heavy atom.